The number of rotatable bonds is 6. The summed E-state index contributed by atoms with van der Waals surface area (Å²) in [6.07, 6.45) is 8.26. The highest BCUT2D eigenvalue weighted by Crippen LogP contribution is 2.26. The molecular formula is C17H18O5. The van der Waals surface area contributed by atoms with Gasteiger partial charge in [-0.05, 0) is 18.6 Å². The molecule has 1 aliphatic rings. The molecule has 5 heteroatoms. The second-order valence-electron chi connectivity index (χ2n) is 5.23. The molecule has 0 saturated carbocycles. The number of hydrogen-bond acceptors (Lipinski definition) is 5. The van der Waals surface area contributed by atoms with E-state index < -0.39 is 22.7 Å². The molecule has 0 bridgehead atoms. The fourth-order valence-electron chi connectivity index (χ4n) is 2.23. The summed E-state index contributed by atoms with van der Waals surface area (Å²) in [6.45, 7) is 2.11. The van der Waals surface area contributed by atoms with Crippen LogP contribution in [-0.4, -0.2) is 16.7 Å². The van der Waals surface area contributed by atoms with E-state index in [0.29, 0.717) is 12.2 Å². The van der Waals surface area contributed by atoms with Crippen LogP contribution in [0.25, 0.3) is 5.57 Å². The molecule has 0 aliphatic heterocycles. The molecule has 0 amide bonds. The van der Waals surface area contributed by atoms with E-state index in [1.54, 1.807) is 0 Å². The molecule has 0 atom stereocenters. The summed E-state index contributed by atoms with van der Waals surface area (Å²) in [5, 5.41) is 9.86. The van der Waals surface area contributed by atoms with Gasteiger partial charge in [-0.2, -0.15) is 0 Å². The Hall–Kier alpha value is -2.43. The highest BCUT2D eigenvalue weighted by molar-refractivity contribution is 6.48. The molecule has 22 heavy (non-hydrogen) atoms. The lowest BCUT2D eigenvalue weighted by Gasteiger charge is -2.09. The van der Waals surface area contributed by atoms with E-state index in [-0.39, 0.29) is 11.3 Å². The second kappa shape index (κ2) is 7.02. The second-order valence-corrected chi connectivity index (χ2v) is 5.23. The Morgan fingerprint density at radius 2 is 1.82 bits per heavy atom. The Morgan fingerprint density at radius 3 is 2.50 bits per heavy atom. The molecule has 5 nitrogen and oxygen atoms in total. The zero-order valence-electron chi connectivity index (χ0n) is 12.4. The minimum Gasteiger partial charge on any atom is -0.502 e. The van der Waals surface area contributed by atoms with Crippen LogP contribution in [0.3, 0.4) is 0 Å². The number of hydrogen-bond donors (Lipinski definition) is 1. The predicted molar refractivity (Wildman–Crippen MR) is 81.6 cm³/mol. The van der Waals surface area contributed by atoms with Crippen molar-refractivity contribution < 1.29 is 19.1 Å². The molecule has 0 spiro atoms. The number of allylic oxidation sites excluding steroid dienone is 4. The van der Waals surface area contributed by atoms with Gasteiger partial charge in [0.1, 0.15) is 5.76 Å². The summed E-state index contributed by atoms with van der Waals surface area (Å²) in [7, 11) is 0. The highest BCUT2D eigenvalue weighted by atomic mass is 16.4. The smallest absolute Gasteiger partial charge is 0.227 e. The molecule has 1 aromatic rings. The van der Waals surface area contributed by atoms with Crippen LogP contribution in [0.5, 0.6) is 5.75 Å². The third kappa shape index (κ3) is 3.61. The molecule has 0 radical (unpaired) electrons. The van der Waals surface area contributed by atoms with Crippen molar-refractivity contribution in [3.05, 3.63) is 46.0 Å². The summed E-state index contributed by atoms with van der Waals surface area (Å²) in [5.74, 6) is -1.48. The molecule has 1 aromatic heterocycles. The van der Waals surface area contributed by atoms with Gasteiger partial charge in [-0.3, -0.25) is 14.4 Å². The van der Waals surface area contributed by atoms with E-state index in [4.69, 9.17) is 4.42 Å². The van der Waals surface area contributed by atoms with Gasteiger partial charge >= 0.3 is 0 Å². The number of carbonyl (C=O) groups is 2. The maximum absolute atomic E-state index is 11.8. The summed E-state index contributed by atoms with van der Waals surface area (Å²) >= 11 is 0. The molecule has 1 aliphatic carbocycles. The van der Waals surface area contributed by atoms with Gasteiger partial charge in [0.25, 0.3) is 0 Å². The van der Waals surface area contributed by atoms with Crippen molar-refractivity contribution in [1.82, 2.24) is 0 Å². The lowest BCUT2D eigenvalue weighted by Crippen LogP contribution is -2.12. The molecule has 1 heterocycles. The topological polar surface area (TPSA) is 84.6 Å². The molecule has 0 aromatic carbocycles. The third-order valence-electron chi connectivity index (χ3n) is 3.46. The number of aryl methyl sites for hydroxylation is 1. The first-order valence-corrected chi connectivity index (χ1v) is 7.37. The number of ketones is 2. The van der Waals surface area contributed by atoms with Crippen molar-refractivity contribution in [2.75, 3.05) is 0 Å². The van der Waals surface area contributed by atoms with E-state index in [0.717, 1.165) is 37.8 Å². The van der Waals surface area contributed by atoms with E-state index in [2.05, 4.69) is 6.92 Å². The zero-order valence-corrected chi connectivity index (χ0v) is 12.4. The first-order chi connectivity index (χ1) is 10.5. The van der Waals surface area contributed by atoms with Crippen LogP contribution in [0, 0.1) is 0 Å². The van der Waals surface area contributed by atoms with Crippen LogP contribution < -0.4 is 5.43 Å². The molecular weight excluding hydrogens is 284 g/mol. The Morgan fingerprint density at radius 1 is 1.05 bits per heavy atom. The van der Waals surface area contributed by atoms with Crippen LogP contribution in [0.15, 0.2) is 33.5 Å². The van der Waals surface area contributed by atoms with Gasteiger partial charge in [-0.1, -0.05) is 26.2 Å². The molecule has 2 rings (SSSR count). The summed E-state index contributed by atoms with van der Waals surface area (Å²) in [5.41, 5.74) is -0.319. The summed E-state index contributed by atoms with van der Waals surface area (Å²) < 4.78 is 5.56. The van der Waals surface area contributed by atoms with Gasteiger partial charge < -0.3 is 9.52 Å². The summed E-state index contributed by atoms with van der Waals surface area (Å²) in [4.78, 5) is 34.4. The van der Waals surface area contributed by atoms with E-state index in [1.165, 1.54) is 12.1 Å². The molecule has 116 valence electrons. The quantitative estimate of drug-likeness (QED) is 0.496. The van der Waals surface area contributed by atoms with Gasteiger partial charge in [0.05, 0.1) is 0 Å². The van der Waals surface area contributed by atoms with Crippen LogP contribution in [0.2, 0.25) is 0 Å². The third-order valence-corrected chi connectivity index (χ3v) is 3.46. The number of aromatic hydroxyl groups is 1. The molecule has 0 unspecified atom stereocenters. The first-order valence-electron chi connectivity index (χ1n) is 7.37. The van der Waals surface area contributed by atoms with E-state index in [1.807, 2.05) is 0 Å². The van der Waals surface area contributed by atoms with Crippen molar-refractivity contribution in [2.45, 2.75) is 39.0 Å². The largest absolute Gasteiger partial charge is 0.502 e. The molecule has 1 N–H and O–H groups in total. The SMILES string of the molecule is CCCCCCc1cc(=O)c(O)c(C2=CC(=O)C(=O)C=C2)o1. The number of unbranched alkanes of at least 4 members (excludes halogenated alkanes) is 3. The van der Waals surface area contributed by atoms with Crippen molar-refractivity contribution in [3.8, 4) is 5.75 Å². The van der Waals surface area contributed by atoms with Crippen LogP contribution in [0.4, 0.5) is 0 Å². The van der Waals surface area contributed by atoms with Crippen molar-refractivity contribution >= 4 is 17.1 Å². The maximum atomic E-state index is 11.8. The van der Waals surface area contributed by atoms with E-state index >= 15 is 0 Å². The highest BCUT2D eigenvalue weighted by Gasteiger charge is 2.20. The first kappa shape index (κ1) is 15.9. The minimum absolute atomic E-state index is 0.0601. The van der Waals surface area contributed by atoms with Gasteiger partial charge in [0, 0.05) is 24.1 Å². The zero-order chi connectivity index (χ0) is 16.1. The van der Waals surface area contributed by atoms with Crippen LogP contribution >= 0.6 is 0 Å². The average molecular weight is 302 g/mol. The standard InChI is InChI=1S/C17H18O5/c1-2-3-4-5-6-12-10-15(20)16(21)17(22-12)11-7-8-13(18)14(19)9-11/h7-10,21H,2-6H2,1H3. The maximum Gasteiger partial charge on any atom is 0.227 e. The normalized spacial score (nSPS) is 14.3. The average Bonchev–Trinajstić information content (AvgIpc) is 2.50. The fourth-order valence-corrected chi connectivity index (χ4v) is 2.23. The van der Waals surface area contributed by atoms with Gasteiger partial charge in [0.15, 0.2) is 5.76 Å². The van der Waals surface area contributed by atoms with Crippen molar-refractivity contribution in [1.29, 1.82) is 0 Å². The predicted octanol–water partition coefficient (Wildman–Crippen LogP) is 2.56. The van der Waals surface area contributed by atoms with Gasteiger partial charge in [0.2, 0.25) is 22.7 Å². The minimum atomic E-state index is -0.701. The lowest BCUT2D eigenvalue weighted by molar-refractivity contribution is -0.131. The number of carbonyl (C=O) groups excluding carboxylic acids is 2. The Kier molecular flexibility index (Phi) is 5.09. The van der Waals surface area contributed by atoms with Crippen LogP contribution in [-0.2, 0) is 16.0 Å². The molecule has 0 fully saturated rings. The van der Waals surface area contributed by atoms with Gasteiger partial charge in [-0.25, -0.2) is 0 Å². The van der Waals surface area contributed by atoms with Crippen molar-refractivity contribution in [2.24, 2.45) is 0 Å². The Bertz CT molecular complexity index is 706. The van der Waals surface area contributed by atoms with Crippen molar-refractivity contribution in [3.63, 3.8) is 0 Å². The van der Waals surface area contributed by atoms with E-state index in [9.17, 15) is 19.5 Å². The Labute approximate surface area is 128 Å². The lowest BCUT2D eigenvalue weighted by atomic mass is 10.0. The van der Waals surface area contributed by atoms with Gasteiger partial charge in [-0.15, -0.1) is 0 Å². The fraction of sp³-hybridized carbons (Fsp3) is 0.353. The monoisotopic (exact) mass is 302 g/mol. The Balaban J connectivity index is 2.28. The molecule has 0 saturated heterocycles. The van der Waals surface area contributed by atoms with Crippen LogP contribution in [0.1, 0.15) is 44.1 Å². The summed E-state index contributed by atoms with van der Waals surface area (Å²) in [6, 6.07) is 1.27.